The second kappa shape index (κ2) is 5.88. The molecular formula is C18H22ClN5O. The topological polar surface area (TPSA) is 66.5 Å². The number of benzene rings is 1. The summed E-state index contributed by atoms with van der Waals surface area (Å²) in [5.41, 5.74) is 7.06. The fourth-order valence-corrected chi connectivity index (χ4v) is 4.70. The van der Waals surface area contributed by atoms with Crippen molar-refractivity contribution in [2.24, 2.45) is 15.7 Å². The van der Waals surface area contributed by atoms with Gasteiger partial charge in [0.05, 0.1) is 0 Å². The molecule has 6 nitrogen and oxygen atoms in total. The van der Waals surface area contributed by atoms with Crippen LogP contribution in [-0.4, -0.2) is 59.9 Å². The molecule has 132 valence electrons. The number of piperidine rings is 1. The molecular weight excluding hydrogens is 338 g/mol. The number of nitrogens with two attached hydrogens (primary N) is 1. The molecule has 2 fully saturated rings. The summed E-state index contributed by atoms with van der Waals surface area (Å²) in [7, 11) is 0. The van der Waals surface area contributed by atoms with Crippen molar-refractivity contribution >= 4 is 23.4 Å². The van der Waals surface area contributed by atoms with Gasteiger partial charge < -0.3 is 15.4 Å². The van der Waals surface area contributed by atoms with Crippen LogP contribution in [0.1, 0.15) is 30.9 Å². The van der Waals surface area contributed by atoms with Gasteiger partial charge >= 0.3 is 0 Å². The number of fused-ring (bicyclic) bond motifs is 4. The second-order valence-electron chi connectivity index (χ2n) is 7.25. The van der Waals surface area contributed by atoms with E-state index in [-0.39, 0.29) is 12.1 Å². The van der Waals surface area contributed by atoms with Gasteiger partial charge in [-0.1, -0.05) is 18.0 Å². The van der Waals surface area contributed by atoms with Crippen LogP contribution in [0.15, 0.2) is 28.2 Å². The van der Waals surface area contributed by atoms with Crippen LogP contribution >= 0.6 is 11.6 Å². The summed E-state index contributed by atoms with van der Waals surface area (Å²) >= 11 is 6.17. The maximum absolute atomic E-state index is 6.21. The van der Waals surface area contributed by atoms with Gasteiger partial charge in [0, 0.05) is 36.3 Å². The molecule has 5 rings (SSSR count). The molecule has 25 heavy (non-hydrogen) atoms. The first-order valence-electron chi connectivity index (χ1n) is 9.06. The number of hydrogen-bond donors (Lipinski definition) is 1. The monoisotopic (exact) mass is 359 g/mol. The zero-order chi connectivity index (χ0) is 17.0. The Morgan fingerprint density at radius 1 is 1.20 bits per heavy atom. The van der Waals surface area contributed by atoms with Crippen LogP contribution in [0.5, 0.6) is 5.75 Å². The van der Waals surface area contributed by atoms with E-state index >= 15 is 0 Å². The molecule has 0 bridgehead atoms. The lowest BCUT2D eigenvalue weighted by Gasteiger charge is -2.46. The molecule has 0 amide bonds. The van der Waals surface area contributed by atoms with Crippen molar-refractivity contribution in [2.75, 3.05) is 26.2 Å². The Hall–Kier alpha value is -1.79. The van der Waals surface area contributed by atoms with Crippen LogP contribution in [0.2, 0.25) is 5.02 Å². The molecule has 2 saturated heterocycles. The molecule has 0 saturated carbocycles. The molecule has 0 radical (unpaired) electrons. The highest BCUT2D eigenvalue weighted by Crippen LogP contribution is 2.42. The number of halogens is 1. The molecule has 0 spiro atoms. The normalized spacial score (nSPS) is 31.4. The molecule has 1 aromatic rings. The number of hydrogen-bond acceptors (Lipinski definition) is 6. The molecule has 4 heterocycles. The van der Waals surface area contributed by atoms with E-state index in [1.807, 2.05) is 18.2 Å². The number of ether oxygens (including phenoxy) is 1. The number of nitrogens with zero attached hydrogens (tertiary/aromatic N) is 4. The first kappa shape index (κ1) is 15.5. The molecule has 3 unspecified atom stereocenters. The van der Waals surface area contributed by atoms with Gasteiger partial charge in [-0.3, -0.25) is 4.90 Å². The molecule has 4 aliphatic heterocycles. The number of guanidine groups is 1. The molecule has 2 N–H and O–H groups in total. The highest BCUT2D eigenvalue weighted by Gasteiger charge is 2.44. The molecule has 0 aromatic heterocycles. The SMILES string of the molecule is NC1=NC2c3cc(Cl)ccc3OC2C(N2CCN3CCCCC3C2)=N1. The predicted octanol–water partition coefficient (Wildman–Crippen LogP) is 2.04. The smallest absolute Gasteiger partial charge is 0.217 e. The van der Waals surface area contributed by atoms with Crippen LogP contribution in [-0.2, 0) is 0 Å². The van der Waals surface area contributed by atoms with Crippen molar-refractivity contribution in [1.82, 2.24) is 9.80 Å². The van der Waals surface area contributed by atoms with Gasteiger partial charge in [-0.05, 0) is 37.6 Å². The van der Waals surface area contributed by atoms with E-state index in [4.69, 9.17) is 22.1 Å². The fourth-order valence-electron chi connectivity index (χ4n) is 4.52. The predicted molar refractivity (Wildman–Crippen MR) is 98.5 cm³/mol. The van der Waals surface area contributed by atoms with Crippen molar-refractivity contribution in [3.8, 4) is 5.75 Å². The van der Waals surface area contributed by atoms with Gasteiger partial charge in [0.15, 0.2) is 11.9 Å². The molecule has 4 aliphatic rings. The summed E-state index contributed by atoms with van der Waals surface area (Å²) in [6.45, 7) is 4.26. The molecule has 7 heteroatoms. The standard InChI is InChI=1S/C18H22ClN5O/c19-11-4-5-14-13(9-11)15-16(25-14)17(22-18(20)21-15)24-8-7-23-6-2-1-3-12(23)10-24/h4-5,9,12,15-16H,1-3,6-8,10H2,(H2,20,21). The summed E-state index contributed by atoms with van der Waals surface area (Å²) in [6, 6.07) is 6.16. The number of piperazine rings is 1. The van der Waals surface area contributed by atoms with Gasteiger partial charge in [0.1, 0.15) is 11.8 Å². The van der Waals surface area contributed by atoms with Crippen LogP contribution in [0, 0.1) is 0 Å². The lowest BCUT2D eigenvalue weighted by Crippen LogP contribution is -2.59. The Morgan fingerprint density at radius 3 is 3.04 bits per heavy atom. The zero-order valence-electron chi connectivity index (χ0n) is 14.1. The van der Waals surface area contributed by atoms with Crippen LogP contribution in [0.4, 0.5) is 0 Å². The lowest BCUT2D eigenvalue weighted by molar-refractivity contribution is 0.0750. The van der Waals surface area contributed by atoms with Gasteiger partial charge in [-0.2, -0.15) is 4.99 Å². The fraction of sp³-hybridized carbons (Fsp3) is 0.556. The maximum Gasteiger partial charge on any atom is 0.217 e. The van der Waals surface area contributed by atoms with Crippen molar-refractivity contribution in [1.29, 1.82) is 0 Å². The minimum atomic E-state index is -0.198. The third-order valence-electron chi connectivity index (χ3n) is 5.75. The summed E-state index contributed by atoms with van der Waals surface area (Å²) < 4.78 is 6.21. The van der Waals surface area contributed by atoms with Crippen molar-refractivity contribution in [2.45, 2.75) is 37.5 Å². The maximum atomic E-state index is 6.21. The third kappa shape index (κ3) is 2.59. The molecule has 3 atom stereocenters. The third-order valence-corrected chi connectivity index (χ3v) is 5.98. The van der Waals surface area contributed by atoms with Gasteiger partial charge in [0.25, 0.3) is 0 Å². The highest BCUT2D eigenvalue weighted by atomic mass is 35.5. The highest BCUT2D eigenvalue weighted by molar-refractivity contribution is 6.30. The van der Waals surface area contributed by atoms with E-state index < -0.39 is 0 Å². The second-order valence-corrected chi connectivity index (χ2v) is 7.69. The Kier molecular flexibility index (Phi) is 3.64. The summed E-state index contributed by atoms with van der Waals surface area (Å²) in [4.78, 5) is 14.1. The Bertz CT molecular complexity index is 764. The number of amidine groups is 1. The summed E-state index contributed by atoms with van der Waals surface area (Å²) in [6.07, 6.45) is 3.70. The first-order chi connectivity index (χ1) is 12.2. The Morgan fingerprint density at radius 2 is 2.12 bits per heavy atom. The minimum absolute atomic E-state index is 0.148. The Balaban J connectivity index is 1.44. The van der Waals surface area contributed by atoms with Gasteiger partial charge in [-0.15, -0.1) is 0 Å². The molecule has 1 aromatic carbocycles. The average molecular weight is 360 g/mol. The largest absolute Gasteiger partial charge is 0.479 e. The average Bonchev–Trinajstić information content (AvgIpc) is 2.98. The summed E-state index contributed by atoms with van der Waals surface area (Å²) in [5.74, 6) is 2.09. The van der Waals surface area contributed by atoms with Crippen molar-refractivity contribution in [3.63, 3.8) is 0 Å². The van der Waals surface area contributed by atoms with E-state index in [1.165, 1.54) is 25.8 Å². The quantitative estimate of drug-likeness (QED) is 0.769. The van der Waals surface area contributed by atoms with E-state index in [0.717, 1.165) is 36.8 Å². The zero-order valence-corrected chi connectivity index (χ0v) is 14.8. The first-order valence-corrected chi connectivity index (χ1v) is 9.44. The lowest BCUT2D eigenvalue weighted by atomic mass is 9.97. The number of aliphatic imine (C=N–C) groups is 2. The van der Waals surface area contributed by atoms with Crippen molar-refractivity contribution in [3.05, 3.63) is 28.8 Å². The van der Waals surface area contributed by atoms with E-state index in [9.17, 15) is 0 Å². The van der Waals surface area contributed by atoms with Crippen molar-refractivity contribution < 1.29 is 4.74 Å². The van der Waals surface area contributed by atoms with Crippen LogP contribution in [0.25, 0.3) is 0 Å². The number of rotatable bonds is 0. The Labute approximate surface area is 152 Å². The summed E-state index contributed by atoms with van der Waals surface area (Å²) in [5, 5.41) is 0.691. The van der Waals surface area contributed by atoms with Crippen LogP contribution < -0.4 is 10.5 Å². The minimum Gasteiger partial charge on any atom is -0.479 e. The van der Waals surface area contributed by atoms with E-state index in [1.54, 1.807) is 0 Å². The molecule has 0 aliphatic carbocycles. The van der Waals surface area contributed by atoms with Gasteiger partial charge in [-0.25, -0.2) is 4.99 Å². The van der Waals surface area contributed by atoms with E-state index in [2.05, 4.69) is 19.8 Å². The van der Waals surface area contributed by atoms with E-state index in [0.29, 0.717) is 17.0 Å². The van der Waals surface area contributed by atoms with Gasteiger partial charge in [0.2, 0.25) is 5.96 Å². The van der Waals surface area contributed by atoms with Crippen LogP contribution in [0.3, 0.4) is 0 Å².